The van der Waals surface area contributed by atoms with E-state index >= 15 is 0 Å². The van der Waals surface area contributed by atoms with Crippen LogP contribution in [-0.4, -0.2) is 9.55 Å². The lowest BCUT2D eigenvalue weighted by Gasteiger charge is -2.07. The average molecular weight is 240 g/mol. The van der Waals surface area contributed by atoms with E-state index in [9.17, 15) is 4.39 Å². The number of aryl methyl sites for hydroxylation is 2. The number of aromatic nitrogens is 2. The molecule has 0 aliphatic carbocycles. The molecule has 0 amide bonds. The van der Waals surface area contributed by atoms with Crippen LogP contribution in [-0.2, 0) is 7.05 Å². The van der Waals surface area contributed by atoms with Crippen LogP contribution in [0.5, 0.6) is 0 Å². The van der Waals surface area contributed by atoms with E-state index in [1.807, 2.05) is 20.2 Å². The fourth-order valence-corrected chi connectivity index (χ4v) is 1.63. The number of imidazole rings is 1. The van der Waals surface area contributed by atoms with Gasteiger partial charge in [0, 0.05) is 13.2 Å². The zero-order valence-electron chi connectivity index (χ0n) is 8.96. The highest BCUT2D eigenvalue weighted by atomic mass is 35.5. The van der Waals surface area contributed by atoms with E-state index in [0.29, 0.717) is 11.6 Å². The summed E-state index contributed by atoms with van der Waals surface area (Å²) < 4.78 is 15.4. The molecular weight excluding hydrogens is 229 g/mol. The van der Waals surface area contributed by atoms with Crippen molar-refractivity contribution in [3.8, 4) is 0 Å². The molecule has 0 saturated heterocycles. The summed E-state index contributed by atoms with van der Waals surface area (Å²) in [7, 11) is 1.84. The van der Waals surface area contributed by atoms with Gasteiger partial charge < -0.3 is 9.88 Å². The molecule has 1 N–H and O–H groups in total. The molecule has 84 valence electrons. The molecule has 0 spiro atoms. The summed E-state index contributed by atoms with van der Waals surface area (Å²) in [6, 6.07) is 4.81. The fourth-order valence-electron chi connectivity index (χ4n) is 1.45. The molecule has 1 aromatic heterocycles. The Morgan fingerprint density at radius 1 is 1.44 bits per heavy atom. The Hall–Kier alpha value is -1.55. The van der Waals surface area contributed by atoms with E-state index < -0.39 is 5.82 Å². The first-order valence-corrected chi connectivity index (χ1v) is 5.16. The Bertz CT molecular complexity index is 522. The smallest absolute Gasteiger partial charge is 0.207 e. The van der Waals surface area contributed by atoms with Crippen LogP contribution in [0.25, 0.3) is 0 Å². The van der Waals surface area contributed by atoms with Crippen LogP contribution in [0.3, 0.4) is 0 Å². The van der Waals surface area contributed by atoms with Crippen LogP contribution in [0.15, 0.2) is 24.4 Å². The van der Waals surface area contributed by atoms with Crippen LogP contribution in [0.4, 0.5) is 16.0 Å². The lowest BCUT2D eigenvalue weighted by atomic mass is 10.3. The molecule has 2 rings (SSSR count). The number of rotatable bonds is 2. The molecule has 0 atom stereocenters. The van der Waals surface area contributed by atoms with E-state index in [1.165, 1.54) is 6.07 Å². The first kappa shape index (κ1) is 11.0. The minimum atomic E-state index is -0.468. The molecule has 0 saturated carbocycles. The topological polar surface area (TPSA) is 29.9 Å². The highest BCUT2D eigenvalue weighted by Gasteiger charge is 2.08. The molecule has 3 nitrogen and oxygen atoms in total. The summed E-state index contributed by atoms with van der Waals surface area (Å²) in [6.45, 7) is 1.87. The third-order valence-corrected chi connectivity index (χ3v) is 2.49. The van der Waals surface area contributed by atoms with E-state index in [4.69, 9.17) is 11.6 Å². The van der Waals surface area contributed by atoms with Crippen LogP contribution in [0, 0.1) is 12.7 Å². The number of hydrogen-bond donors (Lipinski definition) is 1. The van der Waals surface area contributed by atoms with Crippen LogP contribution < -0.4 is 5.32 Å². The molecule has 0 aliphatic rings. The third kappa shape index (κ3) is 2.02. The monoisotopic (exact) mass is 239 g/mol. The second-order valence-electron chi connectivity index (χ2n) is 3.54. The van der Waals surface area contributed by atoms with Gasteiger partial charge in [-0.15, -0.1) is 0 Å². The highest BCUT2D eigenvalue weighted by Crippen LogP contribution is 2.24. The maximum Gasteiger partial charge on any atom is 0.207 e. The number of nitrogens with one attached hydrogen (secondary N) is 1. The Kier molecular flexibility index (Phi) is 2.83. The Morgan fingerprint density at radius 2 is 2.19 bits per heavy atom. The predicted octanol–water partition coefficient (Wildman–Crippen LogP) is 3.26. The molecule has 0 unspecified atom stereocenters. The van der Waals surface area contributed by atoms with E-state index in [0.717, 1.165) is 5.69 Å². The number of anilines is 2. The minimum Gasteiger partial charge on any atom is -0.323 e. The molecular formula is C11H11ClFN3. The summed E-state index contributed by atoms with van der Waals surface area (Å²) in [4.78, 5) is 4.22. The van der Waals surface area contributed by atoms with Crippen LogP contribution in [0.2, 0.25) is 5.02 Å². The zero-order chi connectivity index (χ0) is 11.7. The fraction of sp³-hybridized carbons (Fsp3) is 0.182. The summed E-state index contributed by atoms with van der Waals surface area (Å²) in [5.74, 6) is 0.114. The normalized spacial score (nSPS) is 10.5. The standard InChI is InChI=1S/C11H11ClFN3/c1-7-6-16(2)11(14-7)15-9-5-3-4-8(12)10(9)13/h3-6H,1-2H3,(H,14,15). The Balaban J connectivity index is 2.34. The summed E-state index contributed by atoms with van der Waals surface area (Å²) >= 11 is 5.68. The first-order valence-electron chi connectivity index (χ1n) is 4.79. The quantitative estimate of drug-likeness (QED) is 0.872. The lowest BCUT2D eigenvalue weighted by molar-refractivity contribution is 0.632. The maximum absolute atomic E-state index is 13.6. The highest BCUT2D eigenvalue weighted by molar-refractivity contribution is 6.31. The van der Waals surface area contributed by atoms with Crippen molar-refractivity contribution in [3.63, 3.8) is 0 Å². The Morgan fingerprint density at radius 3 is 2.81 bits per heavy atom. The van der Waals surface area contributed by atoms with Crippen molar-refractivity contribution in [3.05, 3.63) is 40.9 Å². The van der Waals surface area contributed by atoms with Gasteiger partial charge in [-0.1, -0.05) is 17.7 Å². The molecule has 0 aliphatic heterocycles. The molecule has 0 radical (unpaired) electrons. The van der Waals surface area contributed by atoms with Crippen LogP contribution in [0.1, 0.15) is 5.69 Å². The number of halogens is 2. The van der Waals surface area contributed by atoms with Gasteiger partial charge in [-0.25, -0.2) is 9.37 Å². The van der Waals surface area contributed by atoms with E-state index in [-0.39, 0.29) is 5.02 Å². The number of benzene rings is 1. The van der Waals surface area contributed by atoms with Gasteiger partial charge >= 0.3 is 0 Å². The van der Waals surface area contributed by atoms with E-state index in [1.54, 1.807) is 16.7 Å². The maximum atomic E-state index is 13.6. The second kappa shape index (κ2) is 4.14. The summed E-state index contributed by atoms with van der Waals surface area (Å²) in [5, 5.41) is 2.99. The molecule has 0 bridgehead atoms. The van der Waals surface area contributed by atoms with Crippen molar-refractivity contribution in [2.24, 2.45) is 7.05 Å². The predicted molar refractivity (Wildman–Crippen MR) is 62.6 cm³/mol. The number of hydrogen-bond acceptors (Lipinski definition) is 2. The molecule has 1 heterocycles. The number of nitrogens with zero attached hydrogens (tertiary/aromatic N) is 2. The van der Waals surface area contributed by atoms with Crippen molar-refractivity contribution in [1.29, 1.82) is 0 Å². The van der Waals surface area contributed by atoms with Gasteiger partial charge in [0.15, 0.2) is 5.82 Å². The van der Waals surface area contributed by atoms with Crippen LogP contribution >= 0.6 is 11.6 Å². The lowest BCUT2D eigenvalue weighted by Crippen LogP contribution is -2.00. The van der Waals surface area contributed by atoms with Gasteiger partial charge in [0.2, 0.25) is 5.95 Å². The molecule has 5 heteroatoms. The van der Waals surface area contributed by atoms with Gasteiger partial charge in [0.25, 0.3) is 0 Å². The Labute approximate surface area is 97.9 Å². The van der Waals surface area contributed by atoms with Gasteiger partial charge in [-0.3, -0.25) is 0 Å². The van der Waals surface area contributed by atoms with Crippen molar-refractivity contribution in [2.75, 3.05) is 5.32 Å². The average Bonchev–Trinajstić information content (AvgIpc) is 2.53. The largest absolute Gasteiger partial charge is 0.323 e. The molecule has 0 fully saturated rings. The van der Waals surface area contributed by atoms with Gasteiger partial charge in [0.1, 0.15) is 0 Å². The van der Waals surface area contributed by atoms with Crippen molar-refractivity contribution in [2.45, 2.75) is 6.92 Å². The summed E-state index contributed by atoms with van der Waals surface area (Å²) in [5.41, 5.74) is 1.19. The SMILES string of the molecule is Cc1cn(C)c(Nc2cccc(Cl)c2F)n1. The molecule has 2 aromatic rings. The second-order valence-corrected chi connectivity index (χ2v) is 3.95. The van der Waals surface area contributed by atoms with E-state index in [2.05, 4.69) is 10.3 Å². The minimum absolute atomic E-state index is 0.0935. The molecule has 16 heavy (non-hydrogen) atoms. The molecule has 1 aromatic carbocycles. The third-order valence-electron chi connectivity index (χ3n) is 2.19. The van der Waals surface area contributed by atoms with Crippen molar-refractivity contribution < 1.29 is 4.39 Å². The zero-order valence-corrected chi connectivity index (χ0v) is 9.72. The van der Waals surface area contributed by atoms with Gasteiger partial charge in [0.05, 0.1) is 16.4 Å². The summed E-state index contributed by atoms with van der Waals surface area (Å²) in [6.07, 6.45) is 1.85. The van der Waals surface area contributed by atoms with Crippen molar-refractivity contribution in [1.82, 2.24) is 9.55 Å². The van der Waals surface area contributed by atoms with Gasteiger partial charge in [-0.05, 0) is 19.1 Å². The van der Waals surface area contributed by atoms with Gasteiger partial charge in [-0.2, -0.15) is 0 Å². The first-order chi connectivity index (χ1) is 7.58. The van der Waals surface area contributed by atoms with Crippen molar-refractivity contribution >= 4 is 23.2 Å².